The van der Waals surface area contributed by atoms with Gasteiger partial charge in [-0.15, -0.1) is 11.3 Å². The van der Waals surface area contributed by atoms with E-state index in [0.29, 0.717) is 29.7 Å². The second kappa shape index (κ2) is 8.83. The van der Waals surface area contributed by atoms with Gasteiger partial charge >= 0.3 is 0 Å². The summed E-state index contributed by atoms with van der Waals surface area (Å²) >= 11 is 1.38. The number of anilines is 1. The van der Waals surface area contributed by atoms with Crippen molar-refractivity contribution in [2.75, 3.05) is 18.9 Å². The number of nitrogen functional groups attached to an aromatic ring is 1. The molecule has 4 rings (SSSR count). The van der Waals surface area contributed by atoms with Crippen LogP contribution in [0, 0.1) is 12.8 Å². The van der Waals surface area contributed by atoms with Crippen LogP contribution < -0.4 is 10.5 Å². The first-order valence-corrected chi connectivity index (χ1v) is 11.1. The Kier molecular flexibility index (Phi) is 5.99. The number of hydrogen-bond acceptors (Lipinski definition) is 6. The fourth-order valence-corrected chi connectivity index (χ4v) is 4.44. The SMILES string of the molecule is Cc1cccnc1OCC1CCC(C)N(C(=O)c2ccccc2-c2csc(N)n2)C1. The van der Waals surface area contributed by atoms with Crippen LogP contribution in [0.3, 0.4) is 0 Å². The molecule has 0 aliphatic carbocycles. The average Bonchev–Trinajstić information content (AvgIpc) is 3.20. The molecule has 2 unspecified atom stereocenters. The maximum Gasteiger partial charge on any atom is 0.254 e. The number of aryl methyl sites for hydroxylation is 1. The summed E-state index contributed by atoms with van der Waals surface area (Å²) in [6.07, 6.45) is 3.72. The summed E-state index contributed by atoms with van der Waals surface area (Å²) < 4.78 is 5.97. The van der Waals surface area contributed by atoms with Gasteiger partial charge in [0.1, 0.15) is 0 Å². The molecular formula is C23H26N4O2S. The molecule has 2 aromatic heterocycles. The van der Waals surface area contributed by atoms with Crippen molar-refractivity contribution in [3.63, 3.8) is 0 Å². The van der Waals surface area contributed by atoms with E-state index < -0.39 is 0 Å². The second-order valence-corrected chi connectivity index (χ2v) is 8.69. The third kappa shape index (κ3) is 4.31. The topological polar surface area (TPSA) is 81.3 Å². The standard InChI is InChI=1S/C23H26N4O2S/c1-15-6-5-11-25-21(15)29-13-17-10-9-16(2)27(12-17)22(28)19-8-4-3-7-18(19)20-14-30-23(24)26-20/h3-8,11,14,16-17H,9-10,12-13H2,1-2H3,(H2,24,26). The minimum Gasteiger partial charge on any atom is -0.477 e. The minimum atomic E-state index is 0.0309. The lowest BCUT2D eigenvalue weighted by atomic mass is 9.92. The lowest BCUT2D eigenvalue weighted by Crippen LogP contribution is -2.47. The van der Waals surface area contributed by atoms with Gasteiger partial charge in [-0.1, -0.05) is 24.3 Å². The van der Waals surface area contributed by atoms with Crippen LogP contribution in [0.25, 0.3) is 11.3 Å². The number of carbonyl (C=O) groups excluding carboxylic acids is 1. The smallest absolute Gasteiger partial charge is 0.254 e. The molecule has 1 aliphatic rings. The second-order valence-electron chi connectivity index (χ2n) is 7.80. The van der Waals surface area contributed by atoms with Crippen LogP contribution in [-0.4, -0.2) is 40.0 Å². The van der Waals surface area contributed by atoms with Gasteiger partial charge in [0.25, 0.3) is 5.91 Å². The summed E-state index contributed by atoms with van der Waals surface area (Å²) in [4.78, 5) is 24.2. The number of hydrogen-bond donors (Lipinski definition) is 1. The molecular weight excluding hydrogens is 396 g/mol. The molecule has 0 saturated carbocycles. The molecule has 1 aliphatic heterocycles. The summed E-state index contributed by atoms with van der Waals surface area (Å²) in [5, 5.41) is 2.40. The van der Waals surface area contributed by atoms with Crippen molar-refractivity contribution in [3.05, 3.63) is 59.1 Å². The van der Waals surface area contributed by atoms with Crippen LogP contribution in [0.5, 0.6) is 5.88 Å². The van der Waals surface area contributed by atoms with E-state index in [-0.39, 0.29) is 17.9 Å². The third-order valence-corrected chi connectivity index (χ3v) is 6.29. The number of benzene rings is 1. The van der Waals surface area contributed by atoms with Gasteiger partial charge in [-0.3, -0.25) is 4.79 Å². The molecule has 0 bridgehead atoms. The van der Waals surface area contributed by atoms with E-state index in [1.54, 1.807) is 6.20 Å². The average molecular weight is 423 g/mol. The van der Waals surface area contributed by atoms with E-state index in [1.807, 2.05) is 53.6 Å². The number of aromatic nitrogens is 2. The number of thiazole rings is 1. The molecule has 3 aromatic rings. The first kappa shape index (κ1) is 20.3. The lowest BCUT2D eigenvalue weighted by Gasteiger charge is -2.38. The molecule has 1 amide bonds. The molecule has 1 saturated heterocycles. The Morgan fingerprint density at radius 3 is 2.87 bits per heavy atom. The maximum atomic E-state index is 13.5. The first-order valence-electron chi connectivity index (χ1n) is 10.2. The number of amides is 1. The Hall–Kier alpha value is -2.93. The minimum absolute atomic E-state index is 0.0309. The zero-order chi connectivity index (χ0) is 21.1. The van der Waals surface area contributed by atoms with Gasteiger partial charge in [-0.05, 0) is 38.8 Å². The van der Waals surface area contributed by atoms with Crippen LogP contribution in [0.2, 0.25) is 0 Å². The number of rotatable bonds is 5. The van der Waals surface area contributed by atoms with E-state index >= 15 is 0 Å². The molecule has 156 valence electrons. The summed E-state index contributed by atoms with van der Waals surface area (Å²) in [7, 11) is 0. The van der Waals surface area contributed by atoms with Gasteiger partial charge in [0.15, 0.2) is 5.13 Å². The molecule has 6 nitrogen and oxygen atoms in total. The number of ether oxygens (including phenoxy) is 1. The number of nitrogens with zero attached hydrogens (tertiary/aromatic N) is 3. The van der Waals surface area contributed by atoms with E-state index in [2.05, 4.69) is 16.9 Å². The van der Waals surface area contributed by atoms with Crippen molar-refractivity contribution >= 4 is 22.4 Å². The zero-order valence-corrected chi connectivity index (χ0v) is 18.1. The molecule has 2 N–H and O–H groups in total. The van der Waals surface area contributed by atoms with Crippen molar-refractivity contribution < 1.29 is 9.53 Å². The third-order valence-electron chi connectivity index (χ3n) is 5.61. The highest BCUT2D eigenvalue weighted by Crippen LogP contribution is 2.30. The summed E-state index contributed by atoms with van der Waals surface area (Å²) in [6, 6.07) is 11.7. The van der Waals surface area contributed by atoms with Crippen molar-refractivity contribution in [2.24, 2.45) is 5.92 Å². The van der Waals surface area contributed by atoms with Crippen LogP contribution in [0.1, 0.15) is 35.7 Å². The van der Waals surface area contributed by atoms with Gasteiger partial charge in [0, 0.05) is 46.8 Å². The van der Waals surface area contributed by atoms with Gasteiger partial charge in [0.05, 0.1) is 12.3 Å². The van der Waals surface area contributed by atoms with Gasteiger partial charge in [0.2, 0.25) is 5.88 Å². The van der Waals surface area contributed by atoms with Crippen molar-refractivity contribution in [2.45, 2.75) is 32.7 Å². The molecule has 0 spiro atoms. The summed E-state index contributed by atoms with van der Waals surface area (Å²) in [5.41, 5.74) is 9.06. The molecule has 3 heterocycles. The molecule has 1 aromatic carbocycles. The van der Waals surface area contributed by atoms with Crippen molar-refractivity contribution in [1.82, 2.24) is 14.9 Å². The summed E-state index contributed by atoms with van der Waals surface area (Å²) in [6.45, 7) is 5.32. The molecule has 2 atom stereocenters. The highest BCUT2D eigenvalue weighted by atomic mass is 32.1. The quantitative estimate of drug-likeness (QED) is 0.658. The fraction of sp³-hybridized carbons (Fsp3) is 0.348. The van der Waals surface area contributed by atoms with E-state index in [9.17, 15) is 4.79 Å². The van der Waals surface area contributed by atoms with E-state index in [1.165, 1.54) is 11.3 Å². The van der Waals surface area contributed by atoms with Crippen LogP contribution >= 0.6 is 11.3 Å². The Balaban J connectivity index is 1.50. The Morgan fingerprint density at radius 2 is 2.10 bits per heavy atom. The normalized spacial score (nSPS) is 18.9. The maximum absolute atomic E-state index is 13.5. The van der Waals surface area contributed by atoms with Gasteiger partial charge in [-0.25, -0.2) is 9.97 Å². The van der Waals surface area contributed by atoms with E-state index in [4.69, 9.17) is 10.5 Å². The van der Waals surface area contributed by atoms with Crippen LogP contribution in [0.4, 0.5) is 5.13 Å². The van der Waals surface area contributed by atoms with Gasteiger partial charge in [-0.2, -0.15) is 0 Å². The zero-order valence-electron chi connectivity index (χ0n) is 17.2. The van der Waals surface area contributed by atoms with Crippen LogP contribution in [0.15, 0.2) is 48.0 Å². The Labute approximate surface area is 180 Å². The molecule has 0 radical (unpaired) electrons. The number of pyridine rings is 1. The lowest BCUT2D eigenvalue weighted by molar-refractivity contribution is 0.0503. The number of likely N-dealkylation sites (tertiary alicyclic amines) is 1. The van der Waals surface area contributed by atoms with E-state index in [0.717, 1.165) is 29.7 Å². The summed E-state index contributed by atoms with van der Waals surface area (Å²) in [5.74, 6) is 0.970. The number of piperidine rings is 1. The largest absolute Gasteiger partial charge is 0.477 e. The molecule has 30 heavy (non-hydrogen) atoms. The number of nitrogens with two attached hydrogens (primary N) is 1. The monoisotopic (exact) mass is 422 g/mol. The molecule has 1 fully saturated rings. The molecule has 7 heteroatoms. The van der Waals surface area contributed by atoms with Crippen molar-refractivity contribution in [3.8, 4) is 17.1 Å². The van der Waals surface area contributed by atoms with Gasteiger partial charge < -0.3 is 15.4 Å². The van der Waals surface area contributed by atoms with Crippen molar-refractivity contribution in [1.29, 1.82) is 0 Å². The highest BCUT2D eigenvalue weighted by Gasteiger charge is 2.31. The Morgan fingerprint density at radius 1 is 1.27 bits per heavy atom. The predicted molar refractivity (Wildman–Crippen MR) is 120 cm³/mol. The highest BCUT2D eigenvalue weighted by molar-refractivity contribution is 7.13. The number of carbonyl (C=O) groups is 1. The van der Waals surface area contributed by atoms with Crippen LogP contribution in [-0.2, 0) is 0 Å². The Bertz CT molecular complexity index is 1040. The first-order chi connectivity index (χ1) is 14.5. The fourth-order valence-electron chi connectivity index (χ4n) is 3.88. The predicted octanol–water partition coefficient (Wildman–Crippen LogP) is 4.42.